The van der Waals surface area contributed by atoms with E-state index in [1.54, 1.807) is 11.0 Å². The summed E-state index contributed by atoms with van der Waals surface area (Å²) in [5, 5.41) is 0. The fourth-order valence-electron chi connectivity index (χ4n) is 1.70. The number of ether oxygens (including phenoxy) is 1. The van der Waals surface area contributed by atoms with Gasteiger partial charge in [-0.15, -0.1) is 0 Å². The number of esters is 1. The summed E-state index contributed by atoms with van der Waals surface area (Å²) in [7, 11) is 1.29. The number of methoxy groups -OCH3 is 1. The van der Waals surface area contributed by atoms with Crippen LogP contribution in [0.15, 0.2) is 18.2 Å². The molecule has 5 nitrogen and oxygen atoms in total. The summed E-state index contributed by atoms with van der Waals surface area (Å²) < 4.78 is 4.62. The first kappa shape index (κ1) is 14.0. The van der Waals surface area contributed by atoms with Crippen LogP contribution in [0, 0.1) is 0 Å². The Hall–Kier alpha value is -2.04. The highest BCUT2D eigenvalue weighted by atomic mass is 16.5. The van der Waals surface area contributed by atoms with Gasteiger partial charge in [0.15, 0.2) is 0 Å². The third-order valence-electron chi connectivity index (χ3n) is 2.67. The van der Waals surface area contributed by atoms with E-state index in [2.05, 4.69) is 4.74 Å². The van der Waals surface area contributed by atoms with Gasteiger partial charge >= 0.3 is 5.97 Å². The molecule has 0 fully saturated rings. The topological polar surface area (TPSA) is 72.6 Å². The van der Waals surface area contributed by atoms with Gasteiger partial charge in [-0.25, -0.2) is 4.79 Å². The number of carbonyl (C=O) groups is 2. The Labute approximate surface area is 107 Å². The van der Waals surface area contributed by atoms with Crippen molar-refractivity contribution in [2.75, 3.05) is 25.9 Å². The normalized spacial score (nSPS) is 9.94. The zero-order chi connectivity index (χ0) is 13.7. The van der Waals surface area contributed by atoms with Crippen LogP contribution in [0.1, 0.15) is 34.6 Å². The molecule has 1 amide bonds. The van der Waals surface area contributed by atoms with Crippen LogP contribution in [0.25, 0.3) is 0 Å². The van der Waals surface area contributed by atoms with Crippen LogP contribution in [0.3, 0.4) is 0 Å². The van der Waals surface area contributed by atoms with E-state index < -0.39 is 5.97 Å². The summed E-state index contributed by atoms with van der Waals surface area (Å²) in [5.74, 6) is -0.645. The van der Waals surface area contributed by atoms with Gasteiger partial charge in [-0.3, -0.25) is 4.79 Å². The minimum absolute atomic E-state index is 0.141. The molecule has 5 heteroatoms. The molecule has 0 aromatic heterocycles. The Morgan fingerprint density at radius 2 is 1.72 bits per heavy atom. The first-order valence-electron chi connectivity index (χ1n) is 5.81. The van der Waals surface area contributed by atoms with Crippen LogP contribution in [-0.4, -0.2) is 37.0 Å². The lowest BCUT2D eigenvalue weighted by molar-refractivity contribution is 0.0601. The maximum absolute atomic E-state index is 12.1. The second kappa shape index (κ2) is 6.05. The first-order valence-corrected chi connectivity index (χ1v) is 5.81. The fraction of sp³-hybridized carbons (Fsp3) is 0.385. The molecule has 0 atom stereocenters. The fourth-order valence-corrected chi connectivity index (χ4v) is 1.70. The van der Waals surface area contributed by atoms with Crippen molar-refractivity contribution in [3.8, 4) is 0 Å². The molecule has 0 aliphatic heterocycles. The monoisotopic (exact) mass is 250 g/mol. The highest BCUT2D eigenvalue weighted by molar-refractivity contribution is 5.99. The van der Waals surface area contributed by atoms with Gasteiger partial charge in [0.2, 0.25) is 0 Å². The van der Waals surface area contributed by atoms with Gasteiger partial charge in [-0.1, -0.05) is 0 Å². The molecule has 0 radical (unpaired) electrons. The number of hydrogen-bond acceptors (Lipinski definition) is 4. The maximum Gasteiger partial charge on any atom is 0.337 e. The number of anilines is 1. The van der Waals surface area contributed by atoms with Crippen molar-refractivity contribution in [2.24, 2.45) is 0 Å². The largest absolute Gasteiger partial charge is 0.465 e. The smallest absolute Gasteiger partial charge is 0.337 e. The molecule has 0 spiro atoms. The summed E-state index contributed by atoms with van der Waals surface area (Å²) in [6.45, 7) is 5.01. The van der Waals surface area contributed by atoms with Crippen molar-refractivity contribution in [3.05, 3.63) is 29.3 Å². The SMILES string of the molecule is CCN(CC)C(=O)c1cc(N)cc(C(=O)OC)c1. The summed E-state index contributed by atoms with van der Waals surface area (Å²) in [6.07, 6.45) is 0. The number of nitrogen functional groups attached to an aromatic ring is 1. The zero-order valence-corrected chi connectivity index (χ0v) is 10.9. The van der Waals surface area contributed by atoms with Crippen LogP contribution >= 0.6 is 0 Å². The molecular weight excluding hydrogens is 232 g/mol. The Kier molecular flexibility index (Phi) is 4.71. The van der Waals surface area contributed by atoms with Crippen molar-refractivity contribution in [1.82, 2.24) is 4.90 Å². The number of nitrogens with two attached hydrogens (primary N) is 1. The number of amides is 1. The average Bonchev–Trinajstić information content (AvgIpc) is 2.38. The van der Waals surface area contributed by atoms with E-state index in [4.69, 9.17) is 5.73 Å². The molecule has 0 aliphatic carbocycles. The molecule has 0 saturated carbocycles. The Bertz CT molecular complexity index is 454. The first-order chi connectivity index (χ1) is 8.53. The number of benzene rings is 1. The van der Waals surface area contributed by atoms with E-state index in [0.29, 0.717) is 24.3 Å². The van der Waals surface area contributed by atoms with Crippen LogP contribution in [0.2, 0.25) is 0 Å². The molecule has 98 valence electrons. The molecule has 0 unspecified atom stereocenters. The summed E-state index contributed by atoms with van der Waals surface area (Å²) >= 11 is 0. The van der Waals surface area contributed by atoms with E-state index in [-0.39, 0.29) is 11.5 Å². The highest BCUT2D eigenvalue weighted by Crippen LogP contribution is 2.15. The van der Waals surface area contributed by atoms with Gasteiger partial charge in [0, 0.05) is 24.3 Å². The molecule has 1 aromatic rings. The third kappa shape index (κ3) is 3.00. The van der Waals surface area contributed by atoms with Crippen molar-refractivity contribution >= 4 is 17.6 Å². The quantitative estimate of drug-likeness (QED) is 0.650. The van der Waals surface area contributed by atoms with Gasteiger partial charge in [0.1, 0.15) is 0 Å². The van der Waals surface area contributed by atoms with E-state index in [9.17, 15) is 9.59 Å². The van der Waals surface area contributed by atoms with E-state index in [1.165, 1.54) is 19.2 Å². The number of carbonyl (C=O) groups excluding carboxylic acids is 2. The molecule has 1 rings (SSSR count). The van der Waals surface area contributed by atoms with Crippen molar-refractivity contribution in [1.29, 1.82) is 0 Å². The van der Waals surface area contributed by atoms with E-state index in [1.807, 2.05) is 13.8 Å². The minimum Gasteiger partial charge on any atom is -0.465 e. The van der Waals surface area contributed by atoms with Gasteiger partial charge in [-0.2, -0.15) is 0 Å². The highest BCUT2D eigenvalue weighted by Gasteiger charge is 2.16. The Morgan fingerprint density at radius 1 is 1.17 bits per heavy atom. The maximum atomic E-state index is 12.1. The number of rotatable bonds is 4. The van der Waals surface area contributed by atoms with Crippen molar-refractivity contribution in [3.63, 3.8) is 0 Å². The van der Waals surface area contributed by atoms with Gasteiger partial charge in [0.05, 0.1) is 12.7 Å². The van der Waals surface area contributed by atoms with Crippen LogP contribution in [0.5, 0.6) is 0 Å². The molecule has 0 aliphatic rings. The van der Waals surface area contributed by atoms with E-state index in [0.717, 1.165) is 0 Å². The molecular formula is C13H18N2O3. The molecule has 2 N–H and O–H groups in total. The standard InChI is InChI=1S/C13H18N2O3/c1-4-15(5-2)12(16)9-6-10(13(17)18-3)8-11(14)7-9/h6-8H,4-5,14H2,1-3H3. The predicted molar refractivity (Wildman–Crippen MR) is 69.4 cm³/mol. The van der Waals surface area contributed by atoms with Gasteiger partial charge < -0.3 is 15.4 Å². The van der Waals surface area contributed by atoms with Crippen LogP contribution in [-0.2, 0) is 4.74 Å². The summed E-state index contributed by atoms with van der Waals surface area (Å²) in [6, 6.07) is 4.56. The lowest BCUT2D eigenvalue weighted by atomic mass is 10.1. The van der Waals surface area contributed by atoms with Crippen molar-refractivity contribution in [2.45, 2.75) is 13.8 Å². The van der Waals surface area contributed by atoms with Gasteiger partial charge in [0.25, 0.3) is 5.91 Å². The van der Waals surface area contributed by atoms with Crippen LogP contribution < -0.4 is 5.73 Å². The molecule has 1 aromatic carbocycles. The second-order valence-electron chi connectivity index (χ2n) is 3.81. The van der Waals surface area contributed by atoms with Gasteiger partial charge in [-0.05, 0) is 32.0 Å². The summed E-state index contributed by atoms with van der Waals surface area (Å²) in [4.78, 5) is 25.2. The van der Waals surface area contributed by atoms with E-state index >= 15 is 0 Å². The molecule has 0 bridgehead atoms. The van der Waals surface area contributed by atoms with Crippen LogP contribution in [0.4, 0.5) is 5.69 Å². The Morgan fingerprint density at radius 3 is 2.22 bits per heavy atom. The molecule has 0 heterocycles. The molecule has 18 heavy (non-hydrogen) atoms. The second-order valence-corrected chi connectivity index (χ2v) is 3.81. The number of hydrogen-bond donors (Lipinski definition) is 1. The minimum atomic E-state index is -0.504. The predicted octanol–water partition coefficient (Wildman–Crippen LogP) is 1.54. The molecule has 0 saturated heterocycles. The third-order valence-corrected chi connectivity index (χ3v) is 2.67. The summed E-state index contributed by atoms with van der Waals surface area (Å²) in [5.41, 5.74) is 6.75. The Balaban J connectivity index is 3.13. The average molecular weight is 250 g/mol. The number of nitrogens with zero attached hydrogens (tertiary/aromatic N) is 1. The zero-order valence-electron chi connectivity index (χ0n) is 10.9. The lowest BCUT2D eigenvalue weighted by Crippen LogP contribution is -2.30. The van der Waals surface area contributed by atoms with Crippen molar-refractivity contribution < 1.29 is 14.3 Å². The lowest BCUT2D eigenvalue weighted by Gasteiger charge is -2.19.